The van der Waals surface area contributed by atoms with Gasteiger partial charge in [-0.15, -0.1) is 0 Å². The first-order valence-corrected chi connectivity index (χ1v) is 6.98. The van der Waals surface area contributed by atoms with Crippen LogP contribution in [0, 0.1) is 0 Å². The van der Waals surface area contributed by atoms with Gasteiger partial charge < -0.3 is 10.3 Å². The molecule has 0 saturated heterocycles. The second kappa shape index (κ2) is 5.78. The van der Waals surface area contributed by atoms with Crippen LogP contribution in [0.4, 0.5) is 0 Å². The summed E-state index contributed by atoms with van der Waals surface area (Å²) in [6, 6.07) is 7.86. The van der Waals surface area contributed by atoms with Crippen molar-refractivity contribution in [3.63, 3.8) is 0 Å². The van der Waals surface area contributed by atoms with Gasteiger partial charge in [-0.25, -0.2) is 4.98 Å². The van der Waals surface area contributed by atoms with Gasteiger partial charge in [0.25, 0.3) is 0 Å². The third kappa shape index (κ3) is 3.07. The summed E-state index contributed by atoms with van der Waals surface area (Å²) in [7, 11) is 1.98. The lowest BCUT2D eigenvalue weighted by molar-refractivity contribution is 0.710. The Morgan fingerprint density at radius 1 is 1.33 bits per heavy atom. The topological polar surface area (TPSA) is 43.8 Å². The fourth-order valence-electron chi connectivity index (χ4n) is 1.71. The molecule has 0 saturated carbocycles. The molecule has 2 aromatic rings. The zero-order chi connectivity index (χ0) is 13.1. The van der Waals surface area contributed by atoms with E-state index in [1.54, 1.807) is 18.0 Å². The molecule has 0 aliphatic heterocycles. The van der Waals surface area contributed by atoms with Crippen LogP contribution in [0.2, 0.25) is 5.02 Å². The molecule has 5 heteroatoms. The maximum atomic E-state index is 6.08. The predicted octanol–water partition coefficient (Wildman–Crippen LogP) is 3.25. The lowest BCUT2D eigenvalue weighted by atomic mass is 10.1. The normalized spacial score (nSPS) is 14.4. The standard InChI is InChI=1S/C13H16ClN3S/c1-9(15)12(10-3-5-11(14)6-4-10)18-13-16-7-8-17(13)2/h3-9,12H,15H2,1-2H3. The van der Waals surface area contributed by atoms with Crippen molar-refractivity contribution >= 4 is 23.4 Å². The highest BCUT2D eigenvalue weighted by Crippen LogP contribution is 2.36. The molecular weight excluding hydrogens is 266 g/mol. The Kier molecular flexibility index (Phi) is 4.32. The smallest absolute Gasteiger partial charge is 0.168 e. The summed E-state index contributed by atoms with van der Waals surface area (Å²) in [6.45, 7) is 2.01. The maximum Gasteiger partial charge on any atom is 0.168 e. The van der Waals surface area contributed by atoms with Gasteiger partial charge in [-0.2, -0.15) is 0 Å². The molecule has 0 fully saturated rings. The van der Waals surface area contributed by atoms with Crippen molar-refractivity contribution in [1.29, 1.82) is 0 Å². The van der Waals surface area contributed by atoms with Gasteiger partial charge in [0.05, 0.1) is 5.25 Å². The van der Waals surface area contributed by atoms with Crippen LogP contribution in [-0.4, -0.2) is 15.6 Å². The van der Waals surface area contributed by atoms with Crippen molar-refractivity contribution < 1.29 is 0 Å². The van der Waals surface area contributed by atoms with E-state index in [9.17, 15) is 0 Å². The first-order valence-electron chi connectivity index (χ1n) is 5.73. The summed E-state index contributed by atoms with van der Waals surface area (Å²) in [6.07, 6.45) is 3.73. The summed E-state index contributed by atoms with van der Waals surface area (Å²) >= 11 is 7.58. The van der Waals surface area contributed by atoms with Crippen LogP contribution in [0.5, 0.6) is 0 Å². The van der Waals surface area contributed by atoms with Crippen molar-refractivity contribution in [2.24, 2.45) is 12.8 Å². The molecule has 0 bridgehead atoms. The fourth-order valence-corrected chi connectivity index (χ4v) is 2.92. The van der Waals surface area contributed by atoms with Crippen molar-refractivity contribution in [2.45, 2.75) is 23.4 Å². The molecule has 2 unspecified atom stereocenters. The van der Waals surface area contributed by atoms with Crippen molar-refractivity contribution in [3.8, 4) is 0 Å². The number of imidazole rings is 1. The van der Waals surface area contributed by atoms with Crippen LogP contribution in [0.1, 0.15) is 17.7 Å². The van der Waals surface area contributed by atoms with Crippen LogP contribution < -0.4 is 5.73 Å². The zero-order valence-electron chi connectivity index (χ0n) is 10.4. The highest BCUT2D eigenvalue weighted by Gasteiger charge is 2.19. The van der Waals surface area contributed by atoms with Gasteiger partial charge in [0.15, 0.2) is 5.16 Å². The SMILES string of the molecule is CC(N)C(Sc1nccn1C)c1ccc(Cl)cc1. The molecule has 0 aliphatic rings. The quantitative estimate of drug-likeness (QED) is 0.875. The zero-order valence-corrected chi connectivity index (χ0v) is 11.9. The van der Waals surface area contributed by atoms with Gasteiger partial charge in [-0.1, -0.05) is 35.5 Å². The molecule has 2 atom stereocenters. The third-order valence-electron chi connectivity index (χ3n) is 2.69. The maximum absolute atomic E-state index is 6.08. The van der Waals surface area contributed by atoms with E-state index in [0.29, 0.717) is 0 Å². The van der Waals surface area contributed by atoms with Crippen LogP contribution in [0.15, 0.2) is 41.8 Å². The average molecular weight is 282 g/mol. The molecular formula is C13H16ClN3S. The second-order valence-corrected chi connectivity index (χ2v) is 5.81. The Morgan fingerprint density at radius 2 is 2.00 bits per heavy atom. The Bertz CT molecular complexity index is 507. The lowest BCUT2D eigenvalue weighted by Crippen LogP contribution is -2.22. The van der Waals surface area contributed by atoms with E-state index in [1.807, 2.05) is 49.0 Å². The first kappa shape index (κ1) is 13.5. The Labute approximate surface area is 116 Å². The van der Waals surface area contributed by atoms with E-state index in [1.165, 1.54) is 5.56 Å². The van der Waals surface area contributed by atoms with Gasteiger partial charge in [0.2, 0.25) is 0 Å². The molecule has 1 aromatic carbocycles. The minimum atomic E-state index is 0.0351. The number of aromatic nitrogens is 2. The average Bonchev–Trinajstić information content (AvgIpc) is 2.73. The largest absolute Gasteiger partial charge is 0.329 e. The number of rotatable bonds is 4. The molecule has 2 rings (SSSR count). The molecule has 96 valence electrons. The minimum absolute atomic E-state index is 0.0351. The number of thioether (sulfide) groups is 1. The Morgan fingerprint density at radius 3 is 2.50 bits per heavy atom. The van der Waals surface area contributed by atoms with Gasteiger partial charge in [0, 0.05) is 30.5 Å². The third-order valence-corrected chi connectivity index (χ3v) is 4.50. The second-order valence-electron chi connectivity index (χ2n) is 4.27. The number of aryl methyl sites for hydroxylation is 1. The fraction of sp³-hybridized carbons (Fsp3) is 0.308. The number of nitrogens with zero attached hydrogens (tertiary/aromatic N) is 2. The first-order chi connectivity index (χ1) is 8.58. The number of benzene rings is 1. The van der Waals surface area contributed by atoms with Crippen LogP contribution in [0.3, 0.4) is 0 Å². The molecule has 0 aliphatic carbocycles. The van der Waals surface area contributed by atoms with Gasteiger partial charge >= 0.3 is 0 Å². The Balaban J connectivity index is 2.24. The molecule has 18 heavy (non-hydrogen) atoms. The van der Waals surface area contributed by atoms with Crippen molar-refractivity contribution in [2.75, 3.05) is 0 Å². The highest BCUT2D eigenvalue weighted by atomic mass is 35.5. The van der Waals surface area contributed by atoms with Gasteiger partial charge in [-0.3, -0.25) is 0 Å². The van der Waals surface area contributed by atoms with Gasteiger partial charge in [-0.05, 0) is 24.6 Å². The number of nitrogens with two attached hydrogens (primary N) is 1. The van der Waals surface area contributed by atoms with Crippen LogP contribution in [-0.2, 0) is 7.05 Å². The summed E-state index contributed by atoms with van der Waals surface area (Å²) in [5.41, 5.74) is 7.25. The predicted molar refractivity (Wildman–Crippen MR) is 76.9 cm³/mol. The number of hydrogen-bond donors (Lipinski definition) is 1. The number of halogens is 1. The van der Waals surface area contributed by atoms with E-state index < -0.39 is 0 Å². The molecule has 2 N–H and O–H groups in total. The summed E-state index contributed by atoms with van der Waals surface area (Å²) in [5, 5.41) is 1.87. The van der Waals surface area contributed by atoms with Crippen LogP contribution >= 0.6 is 23.4 Å². The van der Waals surface area contributed by atoms with Crippen LogP contribution in [0.25, 0.3) is 0 Å². The molecule has 0 amide bonds. The lowest BCUT2D eigenvalue weighted by Gasteiger charge is -2.20. The monoisotopic (exact) mass is 281 g/mol. The number of hydrogen-bond acceptors (Lipinski definition) is 3. The van der Waals surface area contributed by atoms with E-state index in [4.69, 9.17) is 17.3 Å². The van der Waals surface area contributed by atoms with E-state index >= 15 is 0 Å². The van der Waals surface area contributed by atoms with Crippen molar-refractivity contribution in [3.05, 3.63) is 47.2 Å². The molecule has 1 heterocycles. The summed E-state index contributed by atoms with van der Waals surface area (Å²) in [4.78, 5) is 4.33. The summed E-state index contributed by atoms with van der Waals surface area (Å²) in [5.74, 6) is 0. The molecule has 1 aromatic heterocycles. The Hall–Kier alpha value is -0.970. The minimum Gasteiger partial charge on any atom is -0.329 e. The van der Waals surface area contributed by atoms with Gasteiger partial charge in [0.1, 0.15) is 0 Å². The molecule has 0 spiro atoms. The molecule has 0 radical (unpaired) electrons. The molecule has 3 nitrogen and oxygen atoms in total. The van der Waals surface area contributed by atoms with E-state index in [-0.39, 0.29) is 11.3 Å². The summed E-state index contributed by atoms with van der Waals surface area (Å²) < 4.78 is 2.00. The van der Waals surface area contributed by atoms with Crippen molar-refractivity contribution in [1.82, 2.24) is 9.55 Å². The highest BCUT2D eigenvalue weighted by molar-refractivity contribution is 7.99. The van der Waals surface area contributed by atoms with E-state index in [2.05, 4.69) is 4.98 Å². The van der Waals surface area contributed by atoms with E-state index in [0.717, 1.165) is 10.2 Å².